The molecule has 0 fully saturated rings. The molecule has 2 amide bonds. The van der Waals surface area contributed by atoms with Crippen molar-refractivity contribution in [1.29, 1.82) is 0 Å². The Kier molecular flexibility index (Phi) is 5.67. The maximum atomic E-state index is 12.3. The predicted molar refractivity (Wildman–Crippen MR) is 117 cm³/mol. The summed E-state index contributed by atoms with van der Waals surface area (Å²) in [6, 6.07) is 19.5. The topological polar surface area (TPSA) is 76.1 Å². The summed E-state index contributed by atoms with van der Waals surface area (Å²) in [5.74, 6) is 0.680. The van der Waals surface area contributed by atoms with Crippen molar-refractivity contribution >= 4 is 32.7 Å². The van der Waals surface area contributed by atoms with Crippen LogP contribution in [0.3, 0.4) is 0 Å². The molecule has 0 aliphatic heterocycles. The van der Waals surface area contributed by atoms with E-state index in [4.69, 9.17) is 4.74 Å². The van der Waals surface area contributed by atoms with Crippen molar-refractivity contribution < 1.29 is 9.53 Å². The Morgan fingerprint density at radius 3 is 2.66 bits per heavy atom. The molecule has 0 bridgehead atoms. The number of benzene rings is 2. The zero-order valence-corrected chi connectivity index (χ0v) is 16.7. The molecule has 2 heterocycles. The van der Waals surface area contributed by atoms with Crippen LogP contribution in [0.4, 0.5) is 9.93 Å². The third kappa shape index (κ3) is 4.35. The Hall–Kier alpha value is -3.45. The number of aromatic nitrogens is 2. The number of methoxy groups -OCH3 is 1. The molecule has 4 rings (SSSR count). The average molecular weight is 404 g/mol. The van der Waals surface area contributed by atoms with Crippen LogP contribution in [0.2, 0.25) is 0 Å². The maximum Gasteiger partial charge on any atom is 0.321 e. The summed E-state index contributed by atoms with van der Waals surface area (Å²) in [4.78, 5) is 21.1. The average Bonchev–Trinajstić information content (AvgIpc) is 3.18. The van der Waals surface area contributed by atoms with Crippen molar-refractivity contribution in [2.24, 2.45) is 0 Å². The van der Waals surface area contributed by atoms with Gasteiger partial charge in [-0.2, -0.15) is 0 Å². The first-order chi connectivity index (χ1) is 14.2. The number of fused-ring (bicyclic) bond motifs is 1. The van der Waals surface area contributed by atoms with Crippen molar-refractivity contribution in [1.82, 2.24) is 15.3 Å². The van der Waals surface area contributed by atoms with E-state index in [1.165, 1.54) is 11.3 Å². The molecular formula is C22H20N4O2S. The maximum absolute atomic E-state index is 12.3. The Morgan fingerprint density at radius 1 is 1.07 bits per heavy atom. The molecule has 0 aliphatic carbocycles. The van der Waals surface area contributed by atoms with Crippen LogP contribution in [0, 0.1) is 0 Å². The number of anilines is 1. The fraction of sp³-hybridized carbons (Fsp3) is 0.136. The van der Waals surface area contributed by atoms with Crippen LogP contribution in [0.15, 0.2) is 66.9 Å². The Balaban J connectivity index is 1.51. The number of nitrogens with one attached hydrogen (secondary N) is 2. The number of pyridine rings is 1. The molecule has 0 radical (unpaired) electrons. The van der Waals surface area contributed by atoms with Crippen LogP contribution in [-0.4, -0.2) is 29.7 Å². The van der Waals surface area contributed by atoms with Gasteiger partial charge < -0.3 is 10.1 Å². The molecule has 2 aromatic carbocycles. The van der Waals surface area contributed by atoms with Gasteiger partial charge in [0, 0.05) is 30.4 Å². The van der Waals surface area contributed by atoms with E-state index in [1.54, 1.807) is 13.3 Å². The second-order valence-corrected chi connectivity index (χ2v) is 7.33. The lowest BCUT2D eigenvalue weighted by Crippen LogP contribution is -2.30. The van der Waals surface area contributed by atoms with Gasteiger partial charge in [-0.25, -0.2) is 9.78 Å². The number of urea groups is 1. The van der Waals surface area contributed by atoms with E-state index in [-0.39, 0.29) is 6.03 Å². The lowest BCUT2D eigenvalue weighted by atomic mass is 10.1. The number of hydrogen-bond acceptors (Lipinski definition) is 5. The lowest BCUT2D eigenvalue weighted by molar-refractivity contribution is 0.252. The van der Waals surface area contributed by atoms with Crippen LogP contribution in [-0.2, 0) is 6.42 Å². The summed E-state index contributed by atoms with van der Waals surface area (Å²) >= 11 is 1.43. The molecule has 0 saturated carbocycles. The van der Waals surface area contributed by atoms with E-state index in [2.05, 4.69) is 32.7 Å². The van der Waals surface area contributed by atoms with Gasteiger partial charge >= 0.3 is 6.03 Å². The minimum Gasteiger partial charge on any atom is -0.494 e. The van der Waals surface area contributed by atoms with E-state index in [1.807, 2.05) is 48.5 Å². The fourth-order valence-electron chi connectivity index (χ4n) is 3.04. The molecule has 7 heteroatoms. The van der Waals surface area contributed by atoms with Crippen molar-refractivity contribution in [2.45, 2.75) is 6.42 Å². The number of nitrogens with zero attached hydrogens (tertiary/aromatic N) is 2. The minimum atomic E-state index is -0.291. The highest BCUT2D eigenvalue weighted by molar-refractivity contribution is 7.23. The Bertz CT molecular complexity index is 1110. The summed E-state index contributed by atoms with van der Waals surface area (Å²) in [5.41, 5.74) is 3.82. The SMILES string of the molecule is COc1ccc(-c2ccccc2)c2sc(NC(=O)NCCc3ccccn3)nc12. The van der Waals surface area contributed by atoms with E-state index in [9.17, 15) is 4.79 Å². The van der Waals surface area contributed by atoms with Crippen LogP contribution in [0.5, 0.6) is 5.75 Å². The van der Waals surface area contributed by atoms with Gasteiger partial charge in [0.15, 0.2) is 5.13 Å². The van der Waals surface area contributed by atoms with Gasteiger partial charge in [0.25, 0.3) is 0 Å². The van der Waals surface area contributed by atoms with E-state index in [0.29, 0.717) is 23.8 Å². The molecule has 2 aromatic heterocycles. The lowest BCUT2D eigenvalue weighted by Gasteiger charge is -2.05. The summed E-state index contributed by atoms with van der Waals surface area (Å²) in [6.45, 7) is 0.492. The van der Waals surface area contributed by atoms with Gasteiger partial charge in [-0.15, -0.1) is 0 Å². The van der Waals surface area contributed by atoms with Crippen LogP contribution in [0.25, 0.3) is 21.3 Å². The van der Waals surface area contributed by atoms with Gasteiger partial charge in [0.1, 0.15) is 11.3 Å². The molecule has 4 aromatic rings. The summed E-state index contributed by atoms with van der Waals surface area (Å²) in [5, 5.41) is 6.20. The minimum absolute atomic E-state index is 0.291. The monoisotopic (exact) mass is 404 g/mol. The predicted octanol–water partition coefficient (Wildman–Crippen LogP) is 4.73. The van der Waals surface area contributed by atoms with Crippen LogP contribution >= 0.6 is 11.3 Å². The zero-order valence-electron chi connectivity index (χ0n) is 15.9. The van der Waals surface area contributed by atoms with Gasteiger partial charge in [-0.3, -0.25) is 10.3 Å². The fourth-order valence-corrected chi connectivity index (χ4v) is 4.05. The molecule has 0 aliphatic rings. The largest absolute Gasteiger partial charge is 0.494 e. The van der Waals surface area contributed by atoms with E-state index in [0.717, 1.165) is 27.0 Å². The highest BCUT2D eigenvalue weighted by atomic mass is 32.1. The first-order valence-electron chi connectivity index (χ1n) is 9.22. The molecular weight excluding hydrogens is 384 g/mol. The molecule has 0 saturated heterocycles. The van der Waals surface area contributed by atoms with Crippen LogP contribution in [0.1, 0.15) is 5.69 Å². The number of amides is 2. The number of carbonyl (C=O) groups excluding carboxylic acids is 1. The third-order valence-electron chi connectivity index (χ3n) is 4.42. The van der Waals surface area contributed by atoms with Gasteiger partial charge in [-0.05, 0) is 29.8 Å². The number of ether oxygens (including phenoxy) is 1. The van der Waals surface area contributed by atoms with Crippen LogP contribution < -0.4 is 15.4 Å². The number of thiazole rings is 1. The second-order valence-electron chi connectivity index (χ2n) is 6.33. The summed E-state index contributed by atoms with van der Waals surface area (Å²) < 4.78 is 6.43. The second kappa shape index (κ2) is 8.70. The number of hydrogen-bond donors (Lipinski definition) is 2. The van der Waals surface area contributed by atoms with Crippen molar-refractivity contribution in [3.63, 3.8) is 0 Å². The van der Waals surface area contributed by atoms with Crippen molar-refractivity contribution in [3.05, 3.63) is 72.6 Å². The molecule has 0 spiro atoms. The molecule has 29 heavy (non-hydrogen) atoms. The summed E-state index contributed by atoms with van der Waals surface area (Å²) in [6.07, 6.45) is 2.41. The first-order valence-corrected chi connectivity index (χ1v) is 10.0. The number of carbonyl (C=O) groups is 1. The first kappa shape index (κ1) is 18.9. The Labute approximate surface area is 172 Å². The number of rotatable bonds is 6. The molecule has 146 valence electrons. The third-order valence-corrected chi connectivity index (χ3v) is 5.43. The molecule has 0 unspecified atom stereocenters. The quantitative estimate of drug-likeness (QED) is 0.487. The molecule has 2 N–H and O–H groups in total. The highest BCUT2D eigenvalue weighted by Gasteiger charge is 2.15. The van der Waals surface area contributed by atoms with E-state index >= 15 is 0 Å². The molecule has 0 atom stereocenters. The summed E-state index contributed by atoms with van der Waals surface area (Å²) in [7, 11) is 1.62. The standard InChI is InChI=1S/C22H20N4O2S/c1-28-18-11-10-17(15-7-3-2-4-8-15)20-19(18)25-22(29-20)26-21(27)24-14-12-16-9-5-6-13-23-16/h2-11,13H,12,14H2,1H3,(H2,24,25,26,27). The van der Waals surface area contributed by atoms with Gasteiger partial charge in [-0.1, -0.05) is 47.7 Å². The highest BCUT2D eigenvalue weighted by Crippen LogP contribution is 2.39. The molecule has 6 nitrogen and oxygen atoms in total. The Morgan fingerprint density at radius 2 is 1.90 bits per heavy atom. The van der Waals surface area contributed by atoms with E-state index < -0.39 is 0 Å². The van der Waals surface area contributed by atoms with Crippen molar-refractivity contribution in [2.75, 3.05) is 19.0 Å². The van der Waals surface area contributed by atoms with Gasteiger partial charge in [0.05, 0.1) is 11.8 Å². The van der Waals surface area contributed by atoms with Crippen molar-refractivity contribution in [3.8, 4) is 16.9 Å². The zero-order chi connectivity index (χ0) is 20.1. The smallest absolute Gasteiger partial charge is 0.321 e. The van der Waals surface area contributed by atoms with Gasteiger partial charge in [0.2, 0.25) is 0 Å². The normalized spacial score (nSPS) is 10.7.